The largest absolute Gasteiger partial charge is 0.350 e. The Labute approximate surface area is 120 Å². The monoisotopic (exact) mass is 274 g/mol. The predicted molar refractivity (Wildman–Crippen MR) is 77.3 cm³/mol. The number of nitrogens with one attached hydrogen (secondary N) is 1. The zero-order chi connectivity index (χ0) is 14.4. The van der Waals surface area contributed by atoms with Gasteiger partial charge >= 0.3 is 0 Å². The summed E-state index contributed by atoms with van der Waals surface area (Å²) in [4.78, 5) is 6.74. The molecule has 1 aliphatic heterocycles. The molecular formula is C14H22N6. The molecule has 108 valence electrons. The molecule has 1 aromatic rings. The van der Waals surface area contributed by atoms with Gasteiger partial charge in [0, 0.05) is 19.1 Å². The fourth-order valence-corrected chi connectivity index (χ4v) is 2.52. The van der Waals surface area contributed by atoms with E-state index in [2.05, 4.69) is 45.3 Å². The number of nitrogens with zero attached hydrogens (tertiary/aromatic N) is 5. The Bertz CT molecular complexity index is 473. The van der Waals surface area contributed by atoms with Gasteiger partial charge in [0.2, 0.25) is 5.95 Å². The zero-order valence-electron chi connectivity index (χ0n) is 12.3. The molecule has 0 radical (unpaired) electrons. The van der Waals surface area contributed by atoms with Crippen molar-refractivity contribution in [3.05, 3.63) is 11.4 Å². The van der Waals surface area contributed by atoms with Gasteiger partial charge in [-0.25, -0.2) is 4.98 Å². The molecule has 6 nitrogen and oxygen atoms in total. The number of hydrogen-bond donors (Lipinski definition) is 1. The van der Waals surface area contributed by atoms with Gasteiger partial charge in [-0.15, -0.1) is 5.10 Å². The highest BCUT2D eigenvalue weighted by atomic mass is 15.3. The number of nitriles is 1. The molecule has 2 rings (SSSR count). The number of anilines is 1. The Morgan fingerprint density at radius 3 is 2.50 bits per heavy atom. The summed E-state index contributed by atoms with van der Waals surface area (Å²) in [5, 5.41) is 20.5. The second-order valence-corrected chi connectivity index (χ2v) is 5.09. The van der Waals surface area contributed by atoms with Crippen molar-refractivity contribution in [1.29, 1.82) is 5.26 Å². The lowest BCUT2D eigenvalue weighted by molar-refractivity contribution is 0.242. The van der Waals surface area contributed by atoms with Crippen LogP contribution in [0, 0.1) is 11.3 Å². The lowest BCUT2D eigenvalue weighted by atomic mass is 10.1. The average Bonchev–Trinajstić information content (AvgIpc) is 2.49. The third kappa shape index (κ3) is 3.64. The van der Waals surface area contributed by atoms with Crippen molar-refractivity contribution in [3.8, 4) is 6.07 Å². The lowest BCUT2D eigenvalue weighted by Gasteiger charge is -2.30. The van der Waals surface area contributed by atoms with E-state index >= 15 is 0 Å². The van der Waals surface area contributed by atoms with Crippen molar-refractivity contribution in [2.24, 2.45) is 0 Å². The summed E-state index contributed by atoms with van der Waals surface area (Å²) in [5.74, 6) is 0.637. The van der Waals surface area contributed by atoms with Crippen LogP contribution >= 0.6 is 0 Å². The molecule has 0 atom stereocenters. The maximum atomic E-state index is 8.69. The minimum atomic E-state index is 0.379. The molecule has 0 spiro atoms. The minimum Gasteiger partial charge on any atom is -0.350 e. The molecule has 1 fully saturated rings. The van der Waals surface area contributed by atoms with Crippen molar-refractivity contribution >= 4 is 5.95 Å². The second kappa shape index (κ2) is 7.15. The van der Waals surface area contributed by atoms with E-state index in [1.807, 2.05) is 0 Å². The lowest BCUT2D eigenvalue weighted by Crippen LogP contribution is -2.39. The number of aromatic nitrogens is 3. The molecule has 0 unspecified atom stereocenters. The van der Waals surface area contributed by atoms with Crippen LogP contribution in [0.15, 0.2) is 0 Å². The molecule has 0 amide bonds. The number of likely N-dealkylation sites (tertiary alicyclic amines) is 1. The molecule has 6 heteroatoms. The molecule has 1 aliphatic rings. The highest BCUT2D eigenvalue weighted by Gasteiger charge is 2.19. The maximum Gasteiger partial charge on any atom is 0.243 e. The van der Waals surface area contributed by atoms with E-state index < -0.39 is 0 Å². The quantitative estimate of drug-likeness (QED) is 0.818. The third-order valence-electron chi connectivity index (χ3n) is 3.72. The molecule has 0 saturated carbocycles. The number of hydrogen-bond acceptors (Lipinski definition) is 6. The Hall–Kier alpha value is -1.74. The second-order valence-electron chi connectivity index (χ2n) is 5.09. The summed E-state index contributed by atoms with van der Waals surface area (Å²) < 4.78 is 0. The molecule has 0 aromatic carbocycles. The van der Waals surface area contributed by atoms with Crippen LogP contribution in [0.25, 0.3) is 0 Å². The standard InChI is InChI=1S/C14H22N6/c1-3-12-13(4-2)18-19-14(17-12)16-11-5-8-20(9-6-11)10-7-15/h11H,3-6,8-10H2,1-2H3,(H,16,17,19). The van der Waals surface area contributed by atoms with Gasteiger partial charge in [-0.2, -0.15) is 10.4 Å². The van der Waals surface area contributed by atoms with E-state index in [-0.39, 0.29) is 0 Å². The third-order valence-corrected chi connectivity index (χ3v) is 3.72. The number of piperidine rings is 1. The van der Waals surface area contributed by atoms with Crippen molar-refractivity contribution in [3.63, 3.8) is 0 Å². The summed E-state index contributed by atoms with van der Waals surface area (Å²) in [5.41, 5.74) is 2.02. The van der Waals surface area contributed by atoms with E-state index in [1.54, 1.807) is 0 Å². The van der Waals surface area contributed by atoms with Crippen molar-refractivity contribution < 1.29 is 0 Å². The highest BCUT2D eigenvalue weighted by Crippen LogP contribution is 2.14. The molecular weight excluding hydrogens is 252 g/mol. The highest BCUT2D eigenvalue weighted by molar-refractivity contribution is 5.27. The van der Waals surface area contributed by atoms with Crippen LogP contribution in [0.3, 0.4) is 0 Å². The topological polar surface area (TPSA) is 77.7 Å². The smallest absolute Gasteiger partial charge is 0.243 e. The van der Waals surface area contributed by atoms with Gasteiger partial charge in [-0.05, 0) is 25.7 Å². The van der Waals surface area contributed by atoms with Crippen LogP contribution in [0.5, 0.6) is 0 Å². The fraction of sp³-hybridized carbons (Fsp3) is 0.714. The molecule has 1 N–H and O–H groups in total. The molecule has 0 bridgehead atoms. The predicted octanol–water partition coefficient (Wildman–Crippen LogP) is 1.40. The van der Waals surface area contributed by atoms with Crippen LogP contribution in [0.2, 0.25) is 0 Å². The number of rotatable bonds is 5. The van der Waals surface area contributed by atoms with E-state index in [9.17, 15) is 0 Å². The summed E-state index contributed by atoms with van der Waals surface area (Å²) >= 11 is 0. The molecule has 2 heterocycles. The van der Waals surface area contributed by atoms with Crippen LogP contribution in [-0.4, -0.2) is 45.8 Å². The molecule has 1 aromatic heterocycles. The van der Waals surface area contributed by atoms with E-state index in [4.69, 9.17) is 5.26 Å². The van der Waals surface area contributed by atoms with Crippen molar-refractivity contribution in [1.82, 2.24) is 20.1 Å². The SMILES string of the molecule is CCc1nnc(NC2CCN(CC#N)CC2)nc1CC. The van der Waals surface area contributed by atoms with Gasteiger partial charge in [-0.1, -0.05) is 13.8 Å². The summed E-state index contributed by atoms with van der Waals surface area (Å²) in [6, 6.07) is 2.58. The number of aryl methyl sites for hydroxylation is 2. The fourth-order valence-electron chi connectivity index (χ4n) is 2.52. The van der Waals surface area contributed by atoms with Crippen LogP contribution in [-0.2, 0) is 12.8 Å². The Kier molecular flexibility index (Phi) is 5.24. The molecule has 20 heavy (non-hydrogen) atoms. The molecule has 0 aliphatic carbocycles. The first-order valence-electron chi connectivity index (χ1n) is 7.35. The average molecular weight is 274 g/mol. The first kappa shape index (κ1) is 14.7. The Morgan fingerprint density at radius 2 is 1.90 bits per heavy atom. The van der Waals surface area contributed by atoms with E-state index in [1.165, 1.54) is 0 Å². The van der Waals surface area contributed by atoms with Gasteiger partial charge in [0.25, 0.3) is 0 Å². The van der Waals surface area contributed by atoms with Gasteiger partial charge in [-0.3, -0.25) is 4.90 Å². The normalized spacial score (nSPS) is 16.9. The molecule has 1 saturated heterocycles. The van der Waals surface area contributed by atoms with Gasteiger partial charge < -0.3 is 5.32 Å². The summed E-state index contributed by atoms with van der Waals surface area (Å²) in [6.07, 6.45) is 3.79. The first-order valence-corrected chi connectivity index (χ1v) is 7.35. The zero-order valence-corrected chi connectivity index (χ0v) is 12.3. The van der Waals surface area contributed by atoms with E-state index in [0.717, 1.165) is 50.2 Å². The Morgan fingerprint density at radius 1 is 1.20 bits per heavy atom. The first-order chi connectivity index (χ1) is 9.76. The van der Waals surface area contributed by atoms with Crippen molar-refractivity contribution in [2.45, 2.75) is 45.6 Å². The van der Waals surface area contributed by atoms with Gasteiger partial charge in [0.1, 0.15) is 0 Å². The Balaban J connectivity index is 1.93. The van der Waals surface area contributed by atoms with Gasteiger partial charge in [0.05, 0.1) is 24.0 Å². The van der Waals surface area contributed by atoms with Gasteiger partial charge in [0.15, 0.2) is 0 Å². The van der Waals surface area contributed by atoms with Crippen LogP contribution in [0.1, 0.15) is 38.1 Å². The van der Waals surface area contributed by atoms with E-state index in [0.29, 0.717) is 18.5 Å². The van der Waals surface area contributed by atoms with Crippen LogP contribution < -0.4 is 5.32 Å². The summed E-state index contributed by atoms with van der Waals surface area (Å²) in [7, 11) is 0. The van der Waals surface area contributed by atoms with Crippen molar-refractivity contribution in [2.75, 3.05) is 25.0 Å². The maximum absolute atomic E-state index is 8.69. The van der Waals surface area contributed by atoms with Crippen LogP contribution in [0.4, 0.5) is 5.95 Å². The minimum absolute atomic E-state index is 0.379. The summed E-state index contributed by atoms with van der Waals surface area (Å²) in [6.45, 7) is 6.59.